The highest BCUT2D eigenvalue weighted by atomic mass is 19.1. The normalized spacial score (nSPS) is 9.94. The Morgan fingerprint density at radius 2 is 2.31 bits per heavy atom. The summed E-state index contributed by atoms with van der Waals surface area (Å²) in [7, 11) is 1.48. The molecule has 1 aromatic carbocycles. The fraction of sp³-hybridized carbons (Fsp3) is 0.364. The van der Waals surface area contributed by atoms with Crippen LogP contribution in [0.25, 0.3) is 0 Å². The van der Waals surface area contributed by atoms with E-state index < -0.39 is 0 Å². The summed E-state index contributed by atoms with van der Waals surface area (Å²) in [5.41, 5.74) is 5.78. The molecule has 0 aliphatic heterocycles. The van der Waals surface area contributed by atoms with Gasteiger partial charge >= 0.3 is 0 Å². The minimum atomic E-state index is -0.387. The van der Waals surface area contributed by atoms with Crippen LogP contribution in [0, 0.1) is 5.82 Å². The monoisotopic (exact) mass is 226 g/mol. The number of carbonyl (C=O) groups excluding carboxylic acids is 1. The highest BCUT2D eigenvalue weighted by Gasteiger charge is 2.09. The molecule has 4 nitrogen and oxygen atoms in total. The average Bonchev–Trinajstić information content (AvgIpc) is 2.27. The molecule has 0 heterocycles. The van der Waals surface area contributed by atoms with Crippen molar-refractivity contribution in [2.75, 3.05) is 20.2 Å². The van der Waals surface area contributed by atoms with Gasteiger partial charge in [0.1, 0.15) is 11.6 Å². The van der Waals surface area contributed by atoms with Gasteiger partial charge < -0.3 is 15.8 Å². The van der Waals surface area contributed by atoms with Crippen LogP contribution in [0.15, 0.2) is 18.2 Å². The van der Waals surface area contributed by atoms with Crippen LogP contribution >= 0.6 is 0 Å². The van der Waals surface area contributed by atoms with E-state index in [9.17, 15) is 9.18 Å². The van der Waals surface area contributed by atoms with Crippen LogP contribution < -0.4 is 15.8 Å². The first-order valence-corrected chi connectivity index (χ1v) is 4.96. The molecule has 0 aliphatic carbocycles. The summed E-state index contributed by atoms with van der Waals surface area (Å²) in [6, 6.07) is 4.09. The number of methoxy groups -OCH3 is 1. The van der Waals surface area contributed by atoms with E-state index in [2.05, 4.69) is 5.32 Å². The van der Waals surface area contributed by atoms with Crippen LogP contribution in [-0.2, 0) is 11.2 Å². The van der Waals surface area contributed by atoms with Gasteiger partial charge in [0.2, 0.25) is 5.91 Å². The quantitative estimate of drug-likeness (QED) is 0.766. The van der Waals surface area contributed by atoms with E-state index in [0.29, 0.717) is 24.4 Å². The summed E-state index contributed by atoms with van der Waals surface area (Å²) in [4.78, 5) is 11.4. The standard InChI is InChI=1S/C11H15FN2O2/c1-16-10-3-2-9(12)6-8(10)7-11(15)14-5-4-13/h2-3,6H,4-5,7,13H2,1H3,(H,14,15). The first-order chi connectivity index (χ1) is 7.67. The smallest absolute Gasteiger partial charge is 0.224 e. The second kappa shape index (κ2) is 6.07. The third-order valence-electron chi connectivity index (χ3n) is 2.06. The van der Waals surface area contributed by atoms with Crippen molar-refractivity contribution in [3.8, 4) is 5.75 Å². The lowest BCUT2D eigenvalue weighted by molar-refractivity contribution is -0.120. The highest BCUT2D eigenvalue weighted by Crippen LogP contribution is 2.19. The van der Waals surface area contributed by atoms with Gasteiger partial charge in [-0.25, -0.2) is 4.39 Å². The first-order valence-electron chi connectivity index (χ1n) is 4.96. The van der Waals surface area contributed by atoms with E-state index in [-0.39, 0.29) is 18.1 Å². The minimum Gasteiger partial charge on any atom is -0.496 e. The van der Waals surface area contributed by atoms with Gasteiger partial charge in [0, 0.05) is 18.7 Å². The van der Waals surface area contributed by atoms with Gasteiger partial charge in [0.25, 0.3) is 0 Å². The largest absolute Gasteiger partial charge is 0.496 e. The molecule has 0 aliphatic rings. The van der Waals surface area contributed by atoms with Crippen molar-refractivity contribution < 1.29 is 13.9 Å². The number of carbonyl (C=O) groups is 1. The first kappa shape index (κ1) is 12.4. The van der Waals surface area contributed by atoms with Gasteiger partial charge in [0.05, 0.1) is 13.5 Å². The van der Waals surface area contributed by atoms with Gasteiger partial charge in [-0.15, -0.1) is 0 Å². The van der Waals surface area contributed by atoms with Crippen molar-refractivity contribution in [1.82, 2.24) is 5.32 Å². The molecule has 1 aromatic rings. The third kappa shape index (κ3) is 3.51. The molecule has 0 radical (unpaired) electrons. The number of halogens is 1. The highest BCUT2D eigenvalue weighted by molar-refractivity contribution is 5.79. The van der Waals surface area contributed by atoms with Crippen LogP contribution in [0.4, 0.5) is 4.39 Å². The van der Waals surface area contributed by atoms with E-state index in [1.807, 2.05) is 0 Å². The van der Waals surface area contributed by atoms with Crippen molar-refractivity contribution in [2.24, 2.45) is 5.73 Å². The van der Waals surface area contributed by atoms with Gasteiger partial charge in [-0.1, -0.05) is 0 Å². The molecule has 0 fully saturated rings. The summed E-state index contributed by atoms with van der Waals surface area (Å²) in [6.45, 7) is 0.794. The molecule has 0 saturated heterocycles. The summed E-state index contributed by atoms with van der Waals surface area (Å²) < 4.78 is 18.0. The van der Waals surface area contributed by atoms with E-state index >= 15 is 0 Å². The summed E-state index contributed by atoms with van der Waals surface area (Å²) >= 11 is 0. The number of rotatable bonds is 5. The van der Waals surface area contributed by atoms with Crippen LogP contribution in [0.1, 0.15) is 5.56 Å². The van der Waals surface area contributed by atoms with Crippen molar-refractivity contribution in [3.63, 3.8) is 0 Å². The Bertz CT molecular complexity index is 369. The molecule has 1 amide bonds. The number of hydrogen-bond acceptors (Lipinski definition) is 3. The van der Waals surface area contributed by atoms with Gasteiger partial charge in [-0.05, 0) is 18.2 Å². The zero-order valence-corrected chi connectivity index (χ0v) is 9.13. The summed E-state index contributed by atoms with van der Waals surface area (Å²) in [5.74, 6) is -0.0823. The van der Waals surface area contributed by atoms with Crippen molar-refractivity contribution in [3.05, 3.63) is 29.6 Å². The Balaban J connectivity index is 2.71. The Morgan fingerprint density at radius 3 is 2.94 bits per heavy atom. The Labute approximate surface area is 93.6 Å². The topological polar surface area (TPSA) is 64.3 Å². The number of amides is 1. The predicted molar refractivity (Wildman–Crippen MR) is 58.7 cm³/mol. The van der Waals surface area contributed by atoms with Gasteiger partial charge in [0.15, 0.2) is 0 Å². The lowest BCUT2D eigenvalue weighted by Crippen LogP contribution is -2.30. The minimum absolute atomic E-state index is 0.0843. The lowest BCUT2D eigenvalue weighted by Gasteiger charge is -2.08. The van der Waals surface area contributed by atoms with Crippen LogP contribution in [0.3, 0.4) is 0 Å². The lowest BCUT2D eigenvalue weighted by atomic mass is 10.1. The Morgan fingerprint density at radius 1 is 1.56 bits per heavy atom. The van der Waals surface area contributed by atoms with E-state index in [4.69, 9.17) is 10.5 Å². The maximum absolute atomic E-state index is 13.0. The van der Waals surface area contributed by atoms with Crippen molar-refractivity contribution in [2.45, 2.75) is 6.42 Å². The molecular formula is C11H15FN2O2. The molecule has 0 atom stereocenters. The summed E-state index contributed by atoms with van der Waals surface area (Å²) in [6.07, 6.45) is 0.0843. The van der Waals surface area contributed by atoms with Gasteiger partial charge in [-0.2, -0.15) is 0 Å². The SMILES string of the molecule is COc1ccc(F)cc1CC(=O)NCCN. The average molecular weight is 226 g/mol. The van der Waals surface area contributed by atoms with Crippen LogP contribution in [0.5, 0.6) is 5.75 Å². The molecule has 1 rings (SSSR count). The molecule has 0 bridgehead atoms. The molecule has 0 aromatic heterocycles. The van der Waals surface area contributed by atoms with Crippen LogP contribution in [-0.4, -0.2) is 26.1 Å². The fourth-order valence-corrected chi connectivity index (χ4v) is 1.33. The predicted octanol–water partition coefficient (Wildman–Crippen LogP) is 0.452. The molecule has 5 heteroatoms. The molecule has 88 valence electrons. The molecule has 0 unspecified atom stereocenters. The molecule has 0 saturated carbocycles. The maximum atomic E-state index is 13.0. The Hall–Kier alpha value is -1.62. The molecule has 0 spiro atoms. The van der Waals surface area contributed by atoms with E-state index in [1.165, 1.54) is 25.3 Å². The van der Waals surface area contributed by atoms with Crippen molar-refractivity contribution >= 4 is 5.91 Å². The number of nitrogens with two attached hydrogens (primary N) is 1. The zero-order valence-electron chi connectivity index (χ0n) is 9.13. The zero-order chi connectivity index (χ0) is 12.0. The number of nitrogens with one attached hydrogen (secondary N) is 1. The Kier molecular flexibility index (Phi) is 4.72. The number of benzene rings is 1. The van der Waals surface area contributed by atoms with E-state index in [1.54, 1.807) is 0 Å². The number of ether oxygens (including phenoxy) is 1. The molecule has 16 heavy (non-hydrogen) atoms. The third-order valence-corrected chi connectivity index (χ3v) is 2.06. The summed E-state index contributed by atoms with van der Waals surface area (Å²) in [5, 5.41) is 2.61. The fourth-order valence-electron chi connectivity index (χ4n) is 1.33. The van der Waals surface area contributed by atoms with Crippen molar-refractivity contribution in [1.29, 1.82) is 0 Å². The second-order valence-electron chi connectivity index (χ2n) is 3.27. The molecule has 3 N–H and O–H groups in total. The maximum Gasteiger partial charge on any atom is 0.224 e. The number of hydrogen-bond donors (Lipinski definition) is 2. The van der Waals surface area contributed by atoms with Crippen LogP contribution in [0.2, 0.25) is 0 Å². The van der Waals surface area contributed by atoms with E-state index in [0.717, 1.165) is 0 Å². The molecular weight excluding hydrogens is 211 g/mol. The second-order valence-corrected chi connectivity index (χ2v) is 3.27. The van der Waals surface area contributed by atoms with Gasteiger partial charge in [-0.3, -0.25) is 4.79 Å².